The number of methoxy groups -OCH3 is 2. The summed E-state index contributed by atoms with van der Waals surface area (Å²) in [4.78, 5) is 17.0. The molecule has 2 heterocycles. The van der Waals surface area contributed by atoms with Gasteiger partial charge in [0.15, 0.2) is 11.5 Å². The summed E-state index contributed by atoms with van der Waals surface area (Å²) >= 11 is 5.08. The van der Waals surface area contributed by atoms with Gasteiger partial charge in [-0.15, -0.1) is 11.3 Å². The van der Waals surface area contributed by atoms with Crippen LogP contribution in [0.5, 0.6) is 11.5 Å². The third-order valence-corrected chi connectivity index (χ3v) is 5.78. The van der Waals surface area contributed by atoms with Crippen molar-refractivity contribution in [3.05, 3.63) is 68.7 Å². The Morgan fingerprint density at radius 1 is 0.963 bits per heavy atom. The first-order valence-electron chi connectivity index (χ1n) is 8.24. The number of hydrogen-bond acceptors (Lipinski definition) is 4. The number of aromatic amines is 1. The summed E-state index contributed by atoms with van der Waals surface area (Å²) < 4.78 is 11.8. The lowest BCUT2D eigenvalue weighted by atomic mass is 9.95. The maximum Gasteiger partial charge on any atom is 0.257 e. The molecule has 0 spiro atoms. The molecule has 0 aliphatic rings. The number of H-pyrrole nitrogens is 1. The largest absolute Gasteiger partial charge is 0.493 e. The van der Waals surface area contributed by atoms with Crippen molar-refractivity contribution in [2.24, 2.45) is 0 Å². The van der Waals surface area contributed by atoms with Crippen LogP contribution in [0, 0.1) is 0 Å². The molecule has 0 aliphatic heterocycles. The second-order valence-corrected chi connectivity index (χ2v) is 7.81. The van der Waals surface area contributed by atoms with Crippen LogP contribution in [-0.2, 0) is 0 Å². The molecule has 1 N–H and O–H groups in total. The van der Waals surface area contributed by atoms with Crippen molar-refractivity contribution < 1.29 is 9.47 Å². The molecule has 0 saturated carbocycles. The molecule has 0 bridgehead atoms. The van der Waals surface area contributed by atoms with Crippen LogP contribution in [0.4, 0.5) is 0 Å². The molecule has 0 fully saturated rings. The van der Waals surface area contributed by atoms with Crippen molar-refractivity contribution in [1.29, 1.82) is 0 Å². The van der Waals surface area contributed by atoms with E-state index in [1.807, 2.05) is 47.8 Å². The number of benzene rings is 2. The van der Waals surface area contributed by atoms with Gasteiger partial charge >= 0.3 is 0 Å². The third-order valence-electron chi connectivity index (χ3n) is 4.40. The predicted molar refractivity (Wildman–Crippen MR) is 114 cm³/mol. The van der Waals surface area contributed by atoms with E-state index in [1.165, 1.54) is 0 Å². The van der Waals surface area contributed by atoms with Gasteiger partial charge in [-0.3, -0.25) is 4.79 Å². The van der Waals surface area contributed by atoms with E-state index >= 15 is 0 Å². The highest BCUT2D eigenvalue weighted by molar-refractivity contribution is 9.10. The standard InChI is InChI=1S/C21H16BrNO3S/c1-25-16-10-14-15(11-17(16)26-2)23-21(24)20(18-7-4-8-27-18)19(14)12-5-3-6-13(22)9-12/h3-11H,1-2H3,(H,23,24). The van der Waals surface area contributed by atoms with E-state index in [0.717, 1.165) is 25.9 Å². The summed E-state index contributed by atoms with van der Waals surface area (Å²) in [5, 5.41) is 2.87. The van der Waals surface area contributed by atoms with Gasteiger partial charge < -0.3 is 14.5 Å². The lowest BCUT2D eigenvalue weighted by molar-refractivity contribution is 0.356. The number of aromatic nitrogens is 1. The number of thiophene rings is 1. The number of hydrogen-bond donors (Lipinski definition) is 1. The zero-order valence-electron chi connectivity index (χ0n) is 14.7. The van der Waals surface area contributed by atoms with Crippen LogP contribution >= 0.6 is 27.3 Å². The number of rotatable bonds is 4. The maximum absolute atomic E-state index is 13.0. The molecule has 0 unspecified atom stereocenters. The van der Waals surface area contributed by atoms with Gasteiger partial charge in [0.2, 0.25) is 0 Å². The number of ether oxygens (including phenoxy) is 2. The summed E-state index contributed by atoms with van der Waals surface area (Å²) in [7, 11) is 3.19. The van der Waals surface area contributed by atoms with Crippen LogP contribution in [-0.4, -0.2) is 19.2 Å². The van der Waals surface area contributed by atoms with Crippen LogP contribution in [0.25, 0.3) is 32.5 Å². The zero-order chi connectivity index (χ0) is 19.0. The summed E-state index contributed by atoms with van der Waals surface area (Å²) in [6, 6.07) is 15.6. The van der Waals surface area contributed by atoms with Crippen molar-refractivity contribution >= 4 is 38.2 Å². The molecular weight excluding hydrogens is 426 g/mol. The van der Waals surface area contributed by atoms with Crippen LogP contribution in [0.1, 0.15) is 0 Å². The molecule has 0 radical (unpaired) electrons. The molecule has 4 nitrogen and oxygen atoms in total. The van der Waals surface area contributed by atoms with E-state index in [0.29, 0.717) is 22.6 Å². The summed E-state index contributed by atoms with van der Waals surface area (Å²) in [5.41, 5.74) is 3.05. The van der Waals surface area contributed by atoms with Crippen molar-refractivity contribution in [1.82, 2.24) is 4.98 Å². The quantitative estimate of drug-likeness (QED) is 0.441. The Morgan fingerprint density at radius 2 is 1.74 bits per heavy atom. The van der Waals surface area contributed by atoms with Crippen LogP contribution in [0.3, 0.4) is 0 Å². The average Bonchev–Trinajstić information content (AvgIpc) is 3.20. The van der Waals surface area contributed by atoms with Crippen molar-refractivity contribution in [2.75, 3.05) is 14.2 Å². The number of nitrogens with one attached hydrogen (secondary N) is 1. The molecule has 0 amide bonds. The molecule has 0 aliphatic carbocycles. The van der Waals surface area contributed by atoms with Gasteiger partial charge in [-0.1, -0.05) is 34.1 Å². The zero-order valence-corrected chi connectivity index (χ0v) is 17.1. The Bertz CT molecular complexity index is 1180. The lowest BCUT2D eigenvalue weighted by Gasteiger charge is -2.15. The first-order valence-corrected chi connectivity index (χ1v) is 9.91. The fraction of sp³-hybridized carbons (Fsp3) is 0.0952. The molecule has 27 heavy (non-hydrogen) atoms. The van der Waals surface area contributed by atoms with Crippen LogP contribution < -0.4 is 15.0 Å². The van der Waals surface area contributed by atoms with Crippen molar-refractivity contribution in [2.45, 2.75) is 0 Å². The molecule has 0 saturated heterocycles. The van der Waals surface area contributed by atoms with Crippen LogP contribution in [0.2, 0.25) is 0 Å². The Kier molecular flexibility index (Phi) is 4.76. The first-order chi connectivity index (χ1) is 13.1. The number of fused-ring (bicyclic) bond motifs is 1. The second kappa shape index (κ2) is 7.21. The average molecular weight is 442 g/mol. The normalized spacial score (nSPS) is 10.9. The Balaban J connectivity index is 2.18. The third kappa shape index (κ3) is 3.15. The fourth-order valence-electron chi connectivity index (χ4n) is 3.22. The minimum atomic E-state index is -0.132. The molecule has 0 atom stereocenters. The molecule has 2 aromatic carbocycles. The van der Waals surface area contributed by atoms with E-state index < -0.39 is 0 Å². The van der Waals surface area contributed by atoms with Crippen molar-refractivity contribution in [3.63, 3.8) is 0 Å². The van der Waals surface area contributed by atoms with E-state index in [9.17, 15) is 4.79 Å². The first kappa shape index (κ1) is 17.8. The highest BCUT2D eigenvalue weighted by atomic mass is 79.9. The van der Waals surface area contributed by atoms with Gasteiger partial charge in [0.05, 0.1) is 25.3 Å². The summed E-state index contributed by atoms with van der Waals surface area (Å²) in [6.45, 7) is 0. The van der Waals surface area contributed by atoms with Gasteiger partial charge in [-0.25, -0.2) is 0 Å². The van der Waals surface area contributed by atoms with Gasteiger partial charge in [-0.2, -0.15) is 0 Å². The maximum atomic E-state index is 13.0. The van der Waals surface area contributed by atoms with Crippen LogP contribution in [0.15, 0.2) is 63.2 Å². The van der Waals surface area contributed by atoms with Gasteiger partial charge in [0.25, 0.3) is 5.56 Å². The van der Waals surface area contributed by atoms with Gasteiger partial charge in [-0.05, 0) is 35.2 Å². The number of pyridine rings is 1. The monoisotopic (exact) mass is 441 g/mol. The molecular formula is C21H16BrNO3S. The Hall–Kier alpha value is -2.57. The van der Waals surface area contributed by atoms with E-state index in [2.05, 4.69) is 20.9 Å². The SMILES string of the molecule is COc1cc2[nH]c(=O)c(-c3cccs3)c(-c3cccc(Br)c3)c2cc1OC. The van der Waals surface area contributed by atoms with E-state index in [-0.39, 0.29) is 5.56 Å². The van der Waals surface area contributed by atoms with E-state index in [1.54, 1.807) is 31.6 Å². The van der Waals surface area contributed by atoms with Gasteiger partial charge in [0.1, 0.15) is 0 Å². The molecule has 6 heteroatoms. The second-order valence-electron chi connectivity index (χ2n) is 5.94. The van der Waals surface area contributed by atoms with Gasteiger partial charge in [0, 0.05) is 26.4 Å². The lowest BCUT2D eigenvalue weighted by Crippen LogP contribution is -2.11. The highest BCUT2D eigenvalue weighted by Gasteiger charge is 2.19. The Morgan fingerprint density at radius 3 is 2.41 bits per heavy atom. The number of halogens is 1. The molecule has 136 valence electrons. The molecule has 2 aromatic heterocycles. The minimum absolute atomic E-state index is 0.132. The summed E-state index contributed by atoms with van der Waals surface area (Å²) in [5.74, 6) is 1.19. The van der Waals surface area contributed by atoms with Crippen molar-refractivity contribution in [3.8, 4) is 33.1 Å². The molecule has 4 aromatic rings. The highest BCUT2D eigenvalue weighted by Crippen LogP contribution is 2.41. The Labute approximate surface area is 168 Å². The molecule has 4 rings (SSSR count). The summed E-state index contributed by atoms with van der Waals surface area (Å²) in [6.07, 6.45) is 0. The smallest absolute Gasteiger partial charge is 0.257 e. The fourth-order valence-corrected chi connectivity index (χ4v) is 4.39. The topological polar surface area (TPSA) is 51.3 Å². The van der Waals surface area contributed by atoms with E-state index in [4.69, 9.17) is 9.47 Å². The minimum Gasteiger partial charge on any atom is -0.493 e. The predicted octanol–water partition coefficient (Wildman–Crippen LogP) is 5.70.